The van der Waals surface area contributed by atoms with Crippen LogP contribution in [-0.2, 0) is 9.59 Å². The molecule has 4 aliphatic carbocycles. The normalized spacial score (nSPS) is 43.9. The average molecular weight is 404 g/mol. The number of hydrogen-bond donors (Lipinski definition) is 1. The second-order valence-electron chi connectivity index (χ2n) is 10.7. The molecule has 156 valence electrons. The van der Waals surface area contributed by atoms with Crippen molar-refractivity contribution in [3.05, 3.63) is 11.3 Å². The van der Waals surface area contributed by atoms with Gasteiger partial charge in [-0.3, -0.25) is 9.59 Å². The third-order valence-electron chi connectivity index (χ3n) is 9.48. The van der Waals surface area contributed by atoms with E-state index in [2.05, 4.69) is 20.8 Å². The predicted molar refractivity (Wildman–Crippen MR) is 116 cm³/mol. The van der Waals surface area contributed by atoms with E-state index in [0.717, 1.165) is 36.3 Å². The van der Waals surface area contributed by atoms with Gasteiger partial charge in [0.2, 0.25) is 0 Å². The number of nitrogens with two attached hydrogens (primary N) is 1. The van der Waals surface area contributed by atoms with Crippen LogP contribution in [0.15, 0.2) is 11.3 Å². The Balaban J connectivity index is 1.57. The van der Waals surface area contributed by atoms with E-state index in [-0.39, 0.29) is 16.3 Å². The van der Waals surface area contributed by atoms with Gasteiger partial charge in [-0.25, -0.2) is 0 Å². The Labute approximate surface area is 174 Å². The first-order valence-corrected chi connectivity index (χ1v) is 12.3. The van der Waals surface area contributed by atoms with Crippen LogP contribution in [0.2, 0.25) is 0 Å². The zero-order chi connectivity index (χ0) is 20.3. The highest BCUT2D eigenvalue weighted by atomic mass is 32.2. The van der Waals surface area contributed by atoms with Gasteiger partial charge >= 0.3 is 0 Å². The lowest BCUT2D eigenvalue weighted by atomic mass is 9.46. The van der Waals surface area contributed by atoms with Gasteiger partial charge < -0.3 is 5.73 Å². The zero-order valence-corrected chi connectivity index (χ0v) is 18.9. The molecule has 7 atom stereocenters. The fraction of sp³-hybridized carbons (Fsp3) is 0.833. The fourth-order valence-electron chi connectivity index (χ4n) is 8.10. The summed E-state index contributed by atoms with van der Waals surface area (Å²) in [5, 5.41) is 0.249. The Bertz CT molecular complexity index is 715. The second-order valence-corrected chi connectivity index (χ2v) is 11.9. The highest BCUT2D eigenvalue weighted by Crippen LogP contribution is 2.67. The van der Waals surface area contributed by atoms with Crippen LogP contribution in [0.3, 0.4) is 0 Å². The first-order chi connectivity index (χ1) is 13.2. The van der Waals surface area contributed by atoms with Crippen LogP contribution in [-0.4, -0.2) is 16.7 Å². The maximum absolute atomic E-state index is 12.2. The largest absolute Gasteiger partial charge is 0.396 e. The molecule has 0 aliphatic heterocycles. The van der Waals surface area contributed by atoms with Crippen LogP contribution in [0.25, 0.3) is 0 Å². The number of carbonyl (C=O) groups is 2. The van der Waals surface area contributed by atoms with Crippen LogP contribution in [0, 0.1) is 40.4 Å². The summed E-state index contributed by atoms with van der Waals surface area (Å²) < 4.78 is 0. The molecule has 0 heterocycles. The maximum Gasteiger partial charge on any atom is 0.185 e. The molecule has 2 N–H and O–H groups in total. The van der Waals surface area contributed by atoms with Crippen LogP contribution in [0.4, 0.5) is 0 Å². The van der Waals surface area contributed by atoms with Gasteiger partial charge in [0.05, 0.1) is 5.70 Å². The number of rotatable bonds is 3. The average Bonchev–Trinajstić information content (AvgIpc) is 3.00. The van der Waals surface area contributed by atoms with Crippen molar-refractivity contribution in [2.75, 3.05) is 5.75 Å². The molecular formula is C24H37NO2S. The first-order valence-electron chi connectivity index (χ1n) is 11.3. The molecule has 3 nitrogen and oxygen atoms in total. The van der Waals surface area contributed by atoms with Gasteiger partial charge in [-0.2, -0.15) is 0 Å². The molecule has 28 heavy (non-hydrogen) atoms. The van der Waals surface area contributed by atoms with E-state index < -0.39 is 0 Å². The zero-order valence-electron chi connectivity index (χ0n) is 18.1. The molecule has 4 heteroatoms. The summed E-state index contributed by atoms with van der Waals surface area (Å²) in [7, 11) is 0. The lowest BCUT2D eigenvalue weighted by Crippen LogP contribution is -2.52. The minimum Gasteiger partial charge on any atom is -0.396 e. The van der Waals surface area contributed by atoms with Crippen molar-refractivity contribution in [2.24, 2.45) is 46.2 Å². The SMILES string of the molecule is CC(=O)SCC(C)[C@H]1CC[C@H]2[C@@H]3CCC4=C(N)C(=O)CC[C@]4(C)[C@H]3CC[C@]12C. The van der Waals surface area contributed by atoms with E-state index in [4.69, 9.17) is 5.73 Å². The number of allylic oxidation sites excluding steroid dienone is 1. The molecule has 3 fully saturated rings. The number of hydrogen-bond acceptors (Lipinski definition) is 4. The van der Waals surface area contributed by atoms with Crippen molar-refractivity contribution in [3.8, 4) is 0 Å². The third kappa shape index (κ3) is 3.00. The van der Waals surface area contributed by atoms with Crippen LogP contribution in [0.5, 0.6) is 0 Å². The molecule has 0 aromatic carbocycles. The summed E-state index contributed by atoms with van der Waals surface area (Å²) >= 11 is 1.51. The van der Waals surface area contributed by atoms with Gasteiger partial charge in [0.15, 0.2) is 10.9 Å². The minimum absolute atomic E-state index is 0.149. The quantitative estimate of drug-likeness (QED) is 0.691. The molecule has 0 aromatic rings. The topological polar surface area (TPSA) is 60.2 Å². The minimum atomic E-state index is 0.149. The van der Waals surface area contributed by atoms with Crippen molar-refractivity contribution in [2.45, 2.75) is 79.1 Å². The molecule has 0 aromatic heterocycles. The van der Waals surface area contributed by atoms with E-state index >= 15 is 0 Å². The number of thioether (sulfide) groups is 1. The molecule has 0 bridgehead atoms. The van der Waals surface area contributed by atoms with Crippen LogP contribution in [0.1, 0.15) is 79.1 Å². The van der Waals surface area contributed by atoms with Gasteiger partial charge in [0.25, 0.3) is 0 Å². The molecule has 1 unspecified atom stereocenters. The number of ketones is 1. The monoisotopic (exact) mass is 403 g/mol. The second kappa shape index (κ2) is 7.18. The lowest BCUT2D eigenvalue weighted by molar-refractivity contribution is -0.119. The van der Waals surface area contributed by atoms with Crippen molar-refractivity contribution >= 4 is 22.7 Å². The number of fused-ring (bicyclic) bond motifs is 5. The van der Waals surface area contributed by atoms with Gasteiger partial charge in [-0.15, -0.1) is 0 Å². The molecule has 0 radical (unpaired) electrons. The number of Topliss-reactive ketones (excluding diaryl/α,β-unsaturated/α-hetero) is 1. The van der Waals surface area contributed by atoms with Crippen molar-refractivity contribution < 1.29 is 9.59 Å². The molecular weight excluding hydrogens is 366 g/mol. The smallest absolute Gasteiger partial charge is 0.185 e. The number of carbonyl (C=O) groups excluding carboxylic acids is 2. The van der Waals surface area contributed by atoms with E-state index in [1.54, 1.807) is 6.92 Å². The van der Waals surface area contributed by atoms with Crippen molar-refractivity contribution in [1.82, 2.24) is 0 Å². The summed E-state index contributed by atoms with van der Waals surface area (Å²) in [5.41, 5.74) is 8.78. The Morgan fingerprint density at radius 3 is 2.61 bits per heavy atom. The fourth-order valence-corrected chi connectivity index (χ4v) is 8.83. The Morgan fingerprint density at radius 2 is 1.89 bits per heavy atom. The van der Waals surface area contributed by atoms with Gasteiger partial charge in [-0.1, -0.05) is 32.5 Å². The van der Waals surface area contributed by atoms with Crippen molar-refractivity contribution in [3.63, 3.8) is 0 Å². The van der Waals surface area contributed by atoms with E-state index in [0.29, 0.717) is 29.4 Å². The van der Waals surface area contributed by atoms with E-state index in [1.807, 2.05) is 0 Å². The summed E-state index contributed by atoms with van der Waals surface area (Å²) in [4.78, 5) is 23.7. The van der Waals surface area contributed by atoms with Crippen LogP contribution < -0.4 is 5.73 Å². The van der Waals surface area contributed by atoms with Gasteiger partial charge in [-0.05, 0) is 90.9 Å². The van der Waals surface area contributed by atoms with E-state index in [1.165, 1.54) is 49.4 Å². The molecule has 0 saturated heterocycles. The first kappa shape index (κ1) is 20.5. The van der Waals surface area contributed by atoms with Crippen molar-refractivity contribution in [1.29, 1.82) is 0 Å². The molecule has 0 spiro atoms. The molecule has 4 rings (SSSR count). The van der Waals surface area contributed by atoms with E-state index in [9.17, 15) is 9.59 Å². The maximum atomic E-state index is 12.2. The Morgan fingerprint density at radius 1 is 1.14 bits per heavy atom. The third-order valence-corrected chi connectivity index (χ3v) is 10.6. The standard InChI is InChI=1S/C24H37NO2S/c1-14(13-28-15(2)26)17-7-8-18-16-5-6-20-22(25)21(27)10-12-24(20,4)19(16)9-11-23(17,18)3/h14,16-19H,5-13,25H2,1-4H3/t14?,16-,17+,18-,19-,23+,24+/m0/s1. The highest BCUT2D eigenvalue weighted by molar-refractivity contribution is 8.13. The summed E-state index contributed by atoms with van der Waals surface area (Å²) in [6, 6.07) is 0. The predicted octanol–water partition coefficient (Wildman–Crippen LogP) is 5.34. The molecule has 4 aliphatic rings. The van der Waals surface area contributed by atoms with Gasteiger partial charge in [0.1, 0.15) is 0 Å². The molecule has 0 amide bonds. The van der Waals surface area contributed by atoms with Gasteiger partial charge in [0, 0.05) is 19.1 Å². The summed E-state index contributed by atoms with van der Waals surface area (Å²) in [6.07, 6.45) is 9.14. The molecule has 3 saturated carbocycles. The Kier molecular flexibility index (Phi) is 5.26. The Hall–Kier alpha value is -0.770. The highest BCUT2D eigenvalue weighted by Gasteiger charge is 2.59. The van der Waals surface area contributed by atoms with Crippen LogP contribution >= 0.6 is 11.8 Å². The summed E-state index contributed by atoms with van der Waals surface area (Å²) in [6.45, 7) is 9.04. The summed E-state index contributed by atoms with van der Waals surface area (Å²) in [5.74, 6) is 4.79. The lowest BCUT2D eigenvalue weighted by Gasteiger charge is -2.58.